The molecule has 0 aliphatic heterocycles. The predicted molar refractivity (Wildman–Crippen MR) is 63.3 cm³/mol. The van der Waals surface area contributed by atoms with Gasteiger partial charge in [0.05, 0.1) is 5.02 Å². The van der Waals surface area contributed by atoms with Crippen LogP contribution in [0.2, 0.25) is 10.2 Å². The zero-order valence-corrected chi connectivity index (χ0v) is 9.96. The van der Waals surface area contributed by atoms with E-state index in [1.165, 1.54) is 0 Å². The van der Waals surface area contributed by atoms with Gasteiger partial charge in [-0.05, 0) is 30.7 Å². The summed E-state index contributed by atoms with van der Waals surface area (Å²) in [5.41, 5.74) is 1.07. The monoisotopic (exact) mass is 254 g/mol. The van der Waals surface area contributed by atoms with Crippen molar-refractivity contribution in [1.29, 1.82) is 0 Å². The smallest absolute Gasteiger partial charge is 0.239 e. The average molecular weight is 255 g/mol. The van der Waals surface area contributed by atoms with E-state index >= 15 is 0 Å². The first-order valence-electron chi connectivity index (χ1n) is 4.58. The van der Waals surface area contributed by atoms with Crippen LogP contribution in [0.1, 0.15) is 5.56 Å². The second-order valence-corrected chi connectivity index (χ2v) is 4.02. The molecule has 82 valence electrons. The summed E-state index contributed by atoms with van der Waals surface area (Å²) in [6.07, 6.45) is 0. The molecule has 1 heterocycles. The van der Waals surface area contributed by atoms with Crippen LogP contribution in [-0.2, 0) is 0 Å². The summed E-state index contributed by atoms with van der Waals surface area (Å²) in [6, 6.07) is 8.75. The maximum absolute atomic E-state index is 6.01. The van der Waals surface area contributed by atoms with E-state index in [9.17, 15) is 0 Å². The molecule has 2 rings (SSSR count). The third kappa shape index (κ3) is 2.62. The summed E-state index contributed by atoms with van der Waals surface area (Å²) in [5, 5.41) is 8.30. The molecule has 0 spiro atoms. The fraction of sp³-hybridized carbons (Fsp3) is 0.0909. The second kappa shape index (κ2) is 4.68. The Hall–Kier alpha value is -1.32. The third-order valence-electron chi connectivity index (χ3n) is 1.91. The lowest BCUT2D eigenvalue weighted by Gasteiger charge is -2.06. The largest absolute Gasteiger partial charge is 0.436 e. The lowest BCUT2D eigenvalue weighted by molar-refractivity contribution is 0.455. The molecule has 1 aromatic carbocycles. The summed E-state index contributed by atoms with van der Waals surface area (Å²) in [5.74, 6) is 0.902. The molecule has 0 unspecified atom stereocenters. The van der Waals surface area contributed by atoms with Crippen molar-refractivity contribution in [3.63, 3.8) is 0 Å². The van der Waals surface area contributed by atoms with Crippen LogP contribution in [0.4, 0.5) is 0 Å². The molecule has 0 atom stereocenters. The normalized spacial score (nSPS) is 10.2. The quantitative estimate of drug-likeness (QED) is 0.816. The van der Waals surface area contributed by atoms with Crippen molar-refractivity contribution < 1.29 is 4.74 Å². The van der Waals surface area contributed by atoms with Crippen molar-refractivity contribution in [2.45, 2.75) is 6.92 Å². The van der Waals surface area contributed by atoms with E-state index in [1.807, 2.05) is 19.1 Å². The first-order valence-corrected chi connectivity index (χ1v) is 5.34. The Morgan fingerprint density at radius 2 is 1.88 bits per heavy atom. The fourth-order valence-electron chi connectivity index (χ4n) is 1.16. The van der Waals surface area contributed by atoms with Crippen molar-refractivity contribution in [3.05, 3.63) is 46.1 Å². The van der Waals surface area contributed by atoms with Crippen LogP contribution >= 0.6 is 23.2 Å². The van der Waals surface area contributed by atoms with Crippen molar-refractivity contribution in [1.82, 2.24) is 10.2 Å². The summed E-state index contributed by atoms with van der Waals surface area (Å²) >= 11 is 11.6. The van der Waals surface area contributed by atoms with Crippen LogP contribution < -0.4 is 4.74 Å². The number of hydrogen-bond acceptors (Lipinski definition) is 3. The number of hydrogen-bond donors (Lipinski definition) is 0. The van der Waals surface area contributed by atoms with Gasteiger partial charge in [-0.2, -0.15) is 0 Å². The maximum Gasteiger partial charge on any atom is 0.239 e. The molecule has 16 heavy (non-hydrogen) atoms. The number of halogens is 2. The molecule has 0 aliphatic carbocycles. The Balaban J connectivity index is 2.23. The van der Waals surface area contributed by atoms with E-state index in [2.05, 4.69) is 10.2 Å². The number of aryl methyl sites for hydroxylation is 1. The highest BCUT2D eigenvalue weighted by atomic mass is 35.5. The minimum absolute atomic E-state index is 0.322. The lowest BCUT2D eigenvalue weighted by atomic mass is 10.2. The highest BCUT2D eigenvalue weighted by molar-refractivity contribution is 6.32. The predicted octanol–water partition coefficient (Wildman–Crippen LogP) is 3.88. The molecule has 0 N–H and O–H groups in total. The second-order valence-electron chi connectivity index (χ2n) is 3.23. The van der Waals surface area contributed by atoms with Crippen molar-refractivity contribution in [2.24, 2.45) is 0 Å². The van der Waals surface area contributed by atoms with Crippen molar-refractivity contribution in [3.8, 4) is 11.6 Å². The lowest BCUT2D eigenvalue weighted by Crippen LogP contribution is -1.91. The van der Waals surface area contributed by atoms with Gasteiger partial charge >= 0.3 is 0 Å². The van der Waals surface area contributed by atoms with Gasteiger partial charge < -0.3 is 4.74 Å². The molecule has 0 bridgehead atoms. The fourth-order valence-corrected chi connectivity index (χ4v) is 1.53. The van der Waals surface area contributed by atoms with E-state index in [4.69, 9.17) is 27.9 Å². The van der Waals surface area contributed by atoms with E-state index in [1.54, 1.807) is 18.2 Å². The summed E-state index contributed by atoms with van der Waals surface area (Å²) in [7, 11) is 0. The van der Waals surface area contributed by atoms with E-state index < -0.39 is 0 Å². The summed E-state index contributed by atoms with van der Waals surface area (Å²) in [4.78, 5) is 0. The Morgan fingerprint density at radius 1 is 1.06 bits per heavy atom. The third-order valence-corrected chi connectivity index (χ3v) is 2.41. The van der Waals surface area contributed by atoms with Gasteiger partial charge in [-0.3, -0.25) is 0 Å². The van der Waals surface area contributed by atoms with E-state index in [0.29, 0.717) is 21.8 Å². The molecule has 0 radical (unpaired) electrons. The number of rotatable bonds is 2. The zero-order chi connectivity index (χ0) is 11.5. The summed E-state index contributed by atoms with van der Waals surface area (Å²) < 4.78 is 5.45. The first-order chi connectivity index (χ1) is 7.65. The molecule has 0 aliphatic rings. The highest BCUT2D eigenvalue weighted by Crippen LogP contribution is 2.28. The van der Waals surface area contributed by atoms with Gasteiger partial charge in [0.1, 0.15) is 5.75 Å². The Kier molecular flexibility index (Phi) is 3.27. The van der Waals surface area contributed by atoms with Crippen LogP contribution in [0.25, 0.3) is 0 Å². The Bertz CT molecular complexity index is 500. The van der Waals surface area contributed by atoms with Gasteiger partial charge in [0, 0.05) is 6.07 Å². The van der Waals surface area contributed by atoms with Crippen LogP contribution in [0.3, 0.4) is 0 Å². The minimum Gasteiger partial charge on any atom is -0.436 e. The number of benzene rings is 1. The molecule has 0 saturated carbocycles. The van der Waals surface area contributed by atoms with Crippen molar-refractivity contribution >= 4 is 23.2 Å². The topological polar surface area (TPSA) is 35.0 Å². The standard InChI is InChI=1S/C11H8Cl2N2O/c1-7-2-3-9(8(12)6-7)16-11-5-4-10(13)14-15-11/h2-6H,1H3. The van der Waals surface area contributed by atoms with Gasteiger partial charge in [0.2, 0.25) is 5.88 Å². The molecular formula is C11H8Cl2N2O. The first kappa shape index (κ1) is 11.2. The molecule has 3 nitrogen and oxygen atoms in total. The van der Waals surface area contributed by atoms with Crippen molar-refractivity contribution in [2.75, 3.05) is 0 Å². The molecule has 0 amide bonds. The average Bonchev–Trinajstić information content (AvgIpc) is 2.25. The summed E-state index contributed by atoms with van der Waals surface area (Å²) in [6.45, 7) is 1.96. The SMILES string of the molecule is Cc1ccc(Oc2ccc(Cl)nn2)c(Cl)c1. The molecule has 1 aromatic heterocycles. The van der Waals surface area contributed by atoms with Gasteiger partial charge in [0.15, 0.2) is 5.15 Å². The Morgan fingerprint density at radius 3 is 2.50 bits per heavy atom. The Labute approximate surface area is 103 Å². The van der Waals surface area contributed by atoms with Gasteiger partial charge in [0.25, 0.3) is 0 Å². The number of aromatic nitrogens is 2. The molecule has 0 saturated heterocycles. The van der Waals surface area contributed by atoms with Gasteiger partial charge in [-0.25, -0.2) is 0 Å². The van der Waals surface area contributed by atoms with E-state index in [0.717, 1.165) is 5.56 Å². The number of ether oxygens (including phenoxy) is 1. The molecule has 5 heteroatoms. The van der Waals surface area contributed by atoms with Crippen LogP contribution in [0.15, 0.2) is 30.3 Å². The number of nitrogens with zero attached hydrogens (tertiary/aromatic N) is 2. The van der Waals surface area contributed by atoms with Crippen LogP contribution in [0, 0.1) is 6.92 Å². The highest BCUT2D eigenvalue weighted by Gasteiger charge is 2.04. The maximum atomic E-state index is 6.01. The van der Waals surface area contributed by atoms with Crippen LogP contribution in [0.5, 0.6) is 11.6 Å². The van der Waals surface area contributed by atoms with Gasteiger partial charge in [-0.15, -0.1) is 10.2 Å². The molecular weight excluding hydrogens is 247 g/mol. The zero-order valence-electron chi connectivity index (χ0n) is 8.45. The van der Waals surface area contributed by atoms with E-state index in [-0.39, 0.29) is 0 Å². The van der Waals surface area contributed by atoms with Crippen LogP contribution in [-0.4, -0.2) is 10.2 Å². The minimum atomic E-state index is 0.322. The van der Waals surface area contributed by atoms with Gasteiger partial charge in [-0.1, -0.05) is 29.3 Å². The molecule has 2 aromatic rings. The molecule has 0 fully saturated rings.